The number of carbonyl (C=O) groups excluding carboxylic acids is 1. The topological polar surface area (TPSA) is 72.7 Å². The summed E-state index contributed by atoms with van der Waals surface area (Å²) in [5.74, 6) is 0.126. The molecule has 2 heterocycles. The average Bonchev–Trinajstić information content (AvgIpc) is 3.00. The highest BCUT2D eigenvalue weighted by Crippen LogP contribution is 2.19. The number of amides is 1. The maximum absolute atomic E-state index is 12.1. The lowest BCUT2D eigenvalue weighted by Crippen LogP contribution is -2.13. The molecule has 0 saturated heterocycles. The third-order valence-corrected chi connectivity index (χ3v) is 3.65. The van der Waals surface area contributed by atoms with Crippen molar-refractivity contribution in [2.75, 3.05) is 5.32 Å². The molecule has 0 saturated carbocycles. The number of nitrogens with zero attached hydrogens (tertiary/aromatic N) is 4. The van der Waals surface area contributed by atoms with E-state index in [4.69, 9.17) is 0 Å². The molecule has 3 aromatic rings. The summed E-state index contributed by atoms with van der Waals surface area (Å²) in [4.78, 5) is 16.3. The molecule has 0 aliphatic carbocycles. The molecule has 2 aromatic heterocycles. The van der Waals surface area contributed by atoms with Gasteiger partial charge in [0.15, 0.2) is 5.69 Å². The summed E-state index contributed by atoms with van der Waals surface area (Å²) in [5.41, 5.74) is 2.05. The standard InChI is InChI=1S/C15H12BrN5O/c1-10-6-7-14(17-8-10)18-15(22)12-9-21(20-19-12)13-5-3-2-4-11(13)16/h2-9H,1H3,(H,17,18,22). The molecule has 0 unspecified atom stereocenters. The second-order valence-corrected chi connectivity index (χ2v) is 5.53. The number of anilines is 1. The quantitative estimate of drug-likeness (QED) is 0.781. The molecular weight excluding hydrogens is 346 g/mol. The monoisotopic (exact) mass is 357 g/mol. The average molecular weight is 358 g/mol. The molecule has 0 bridgehead atoms. The van der Waals surface area contributed by atoms with Crippen LogP contribution >= 0.6 is 15.9 Å². The zero-order chi connectivity index (χ0) is 15.5. The summed E-state index contributed by atoms with van der Waals surface area (Å²) in [5, 5.41) is 10.6. The fraction of sp³-hybridized carbons (Fsp3) is 0.0667. The Morgan fingerprint density at radius 1 is 1.23 bits per heavy atom. The zero-order valence-electron chi connectivity index (χ0n) is 11.7. The molecule has 0 fully saturated rings. The summed E-state index contributed by atoms with van der Waals surface area (Å²) in [6.45, 7) is 1.93. The molecule has 3 rings (SSSR count). The van der Waals surface area contributed by atoms with E-state index in [0.29, 0.717) is 5.82 Å². The first-order chi connectivity index (χ1) is 10.6. The van der Waals surface area contributed by atoms with Crippen LogP contribution in [0.15, 0.2) is 53.3 Å². The van der Waals surface area contributed by atoms with Crippen molar-refractivity contribution in [2.24, 2.45) is 0 Å². The van der Waals surface area contributed by atoms with Crippen LogP contribution in [-0.2, 0) is 0 Å². The molecule has 22 heavy (non-hydrogen) atoms. The lowest BCUT2D eigenvalue weighted by molar-refractivity contribution is 0.102. The van der Waals surface area contributed by atoms with Crippen LogP contribution in [0.4, 0.5) is 5.82 Å². The highest BCUT2D eigenvalue weighted by atomic mass is 79.9. The van der Waals surface area contributed by atoms with E-state index in [9.17, 15) is 4.79 Å². The highest BCUT2D eigenvalue weighted by Gasteiger charge is 2.13. The van der Waals surface area contributed by atoms with Crippen LogP contribution in [0.1, 0.15) is 16.1 Å². The van der Waals surface area contributed by atoms with Crippen molar-refractivity contribution < 1.29 is 4.79 Å². The fourth-order valence-corrected chi connectivity index (χ4v) is 2.31. The fourth-order valence-electron chi connectivity index (χ4n) is 1.85. The number of para-hydroxylation sites is 1. The third-order valence-electron chi connectivity index (χ3n) is 2.98. The summed E-state index contributed by atoms with van der Waals surface area (Å²) in [7, 11) is 0. The lowest BCUT2D eigenvalue weighted by Gasteiger charge is -2.02. The number of rotatable bonds is 3. The van der Waals surface area contributed by atoms with Crippen molar-refractivity contribution in [1.82, 2.24) is 20.0 Å². The van der Waals surface area contributed by atoms with Crippen LogP contribution < -0.4 is 5.32 Å². The number of aryl methyl sites for hydroxylation is 1. The molecule has 0 spiro atoms. The Morgan fingerprint density at radius 2 is 2.05 bits per heavy atom. The highest BCUT2D eigenvalue weighted by molar-refractivity contribution is 9.10. The van der Waals surface area contributed by atoms with Crippen LogP contribution in [0, 0.1) is 6.92 Å². The van der Waals surface area contributed by atoms with E-state index in [1.807, 2.05) is 37.3 Å². The number of aromatic nitrogens is 4. The zero-order valence-corrected chi connectivity index (χ0v) is 13.3. The molecule has 6 nitrogen and oxygen atoms in total. The predicted octanol–water partition coefficient (Wildman–Crippen LogP) is 2.99. The first-order valence-corrected chi connectivity index (χ1v) is 7.34. The second-order valence-electron chi connectivity index (χ2n) is 4.67. The van der Waals surface area contributed by atoms with Gasteiger partial charge in [0.2, 0.25) is 0 Å². The Hall–Kier alpha value is -2.54. The van der Waals surface area contributed by atoms with Gasteiger partial charge in [-0.3, -0.25) is 4.79 Å². The van der Waals surface area contributed by atoms with Crippen LogP contribution in [0.25, 0.3) is 5.69 Å². The van der Waals surface area contributed by atoms with E-state index in [1.54, 1.807) is 23.1 Å². The Bertz CT molecular complexity index is 813. The predicted molar refractivity (Wildman–Crippen MR) is 86.0 cm³/mol. The minimum Gasteiger partial charge on any atom is -0.305 e. The number of hydrogen-bond acceptors (Lipinski definition) is 4. The van der Waals surface area contributed by atoms with E-state index < -0.39 is 0 Å². The summed E-state index contributed by atoms with van der Waals surface area (Å²) < 4.78 is 2.41. The second kappa shape index (κ2) is 6.07. The minimum absolute atomic E-state index is 0.220. The van der Waals surface area contributed by atoms with Gasteiger partial charge in [0.1, 0.15) is 5.82 Å². The van der Waals surface area contributed by atoms with Gasteiger partial charge < -0.3 is 5.32 Å². The number of nitrogens with one attached hydrogen (secondary N) is 1. The Labute approximate surface area is 135 Å². The van der Waals surface area contributed by atoms with Crippen LogP contribution in [0.5, 0.6) is 0 Å². The molecule has 1 amide bonds. The van der Waals surface area contributed by atoms with Gasteiger partial charge >= 0.3 is 0 Å². The van der Waals surface area contributed by atoms with E-state index >= 15 is 0 Å². The Morgan fingerprint density at radius 3 is 2.77 bits per heavy atom. The Kier molecular flexibility index (Phi) is 3.97. The normalized spacial score (nSPS) is 10.5. The number of pyridine rings is 1. The molecular formula is C15H12BrN5O. The molecule has 0 aliphatic heterocycles. The molecule has 7 heteroatoms. The van der Waals surface area contributed by atoms with Gasteiger partial charge in [0.25, 0.3) is 5.91 Å². The van der Waals surface area contributed by atoms with Gasteiger partial charge in [-0.2, -0.15) is 0 Å². The lowest BCUT2D eigenvalue weighted by atomic mass is 10.3. The van der Waals surface area contributed by atoms with Crippen molar-refractivity contribution in [3.05, 3.63) is 64.5 Å². The van der Waals surface area contributed by atoms with Crippen molar-refractivity contribution >= 4 is 27.7 Å². The summed E-state index contributed by atoms with van der Waals surface area (Å²) >= 11 is 3.44. The van der Waals surface area contributed by atoms with E-state index in [0.717, 1.165) is 15.7 Å². The number of halogens is 1. The first-order valence-electron chi connectivity index (χ1n) is 6.55. The molecule has 0 aliphatic rings. The van der Waals surface area contributed by atoms with Gasteiger partial charge in [0, 0.05) is 10.7 Å². The third kappa shape index (κ3) is 3.04. The number of carbonyl (C=O) groups is 1. The van der Waals surface area contributed by atoms with Crippen molar-refractivity contribution in [2.45, 2.75) is 6.92 Å². The van der Waals surface area contributed by atoms with Crippen molar-refractivity contribution in [3.8, 4) is 5.69 Å². The smallest absolute Gasteiger partial charge is 0.279 e. The van der Waals surface area contributed by atoms with Gasteiger partial charge in [-0.1, -0.05) is 23.4 Å². The van der Waals surface area contributed by atoms with Crippen molar-refractivity contribution in [3.63, 3.8) is 0 Å². The van der Waals surface area contributed by atoms with Crippen LogP contribution in [0.2, 0.25) is 0 Å². The number of benzene rings is 1. The maximum atomic E-state index is 12.1. The Balaban J connectivity index is 1.80. The summed E-state index contributed by atoms with van der Waals surface area (Å²) in [6.07, 6.45) is 3.26. The summed E-state index contributed by atoms with van der Waals surface area (Å²) in [6, 6.07) is 11.2. The number of hydrogen-bond donors (Lipinski definition) is 1. The molecule has 0 atom stereocenters. The molecule has 1 aromatic carbocycles. The molecule has 0 radical (unpaired) electrons. The molecule has 1 N–H and O–H groups in total. The first kappa shape index (κ1) is 14.4. The largest absolute Gasteiger partial charge is 0.305 e. The van der Waals surface area contributed by atoms with Crippen molar-refractivity contribution in [1.29, 1.82) is 0 Å². The molecule has 110 valence electrons. The van der Waals surface area contributed by atoms with Gasteiger partial charge in [-0.25, -0.2) is 9.67 Å². The van der Waals surface area contributed by atoms with E-state index in [2.05, 4.69) is 36.5 Å². The SMILES string of the molecule is Cc1ccc(NC(=O)c2cn(-c3ccccc3Br)nn2)nc1. The van der Waals surface area contributed by atoms with Gasteiger partial charge in [-0.15, -0.1) is 5.10 Å². The van der Waals surface area contributed by atoms with Gasteiger partial charge in [0.05, 0.1) is 11.9 Å². The minimum atomic E-state index is -0.352. The maximum Gasteiger partial charge on any atom is 0.279 e. The van der Waals surface area contributed by atoms with E-state index in [1.165, 1.54) is 0 Å². The van der Waals surface area contributed by atoms with Gasteiger partial charge in [-0.05, 0) is 46.6 Å². The van der Waals surface area contributed by atoms with Crippen LogP contribution in [0.3, 0.4) is 0 Å². The van der Waals surface area contributed by atoms with Crippen LogP contribution in [-0.4, -0.2) is 25.9 Å². The van der Waals surface area contributed by atoms with E-state index in [-0.39, 0.29) is 11.6 Å².